The van der Waals surface area contributed by atoms with E-state index in [4.69, 9.17) is 37.0 Å². The monoisotopic (exact) mass is 1470 g/mol. The van der Waals surface area contributed by atoms with Crippen LogP contribution in [0.4, 0.5) is 0 Å². The second kappa shape index (κ2) is 72.6. The Labute approximate surface area is 613 Å². The summed E-state index contributed by atoms with van der Waals surface area (Å²) in [6.45, 7) is 9.65. The summed E-state index contributed by atoms with van der Waals surface area (Å²) in [5.41, 5.74) is 0. The molecule has 100 heavy (non-hydrogen) atoms. The summed E-state index contributed by atoms with van der Waals surface area (Å²) in [6, 6.07) is 0. The molecule has 0 radical (unpaired) electrons. The van der Waals surface area contributed by atoms with E-state index in [-0.39, 0.29) is 25.7 Å². The molecule has 0 fully saturated rings. The summed E-state index contributed by atoms with van der Waals surface area (Å²) >= 11 is 0. The Hall–Kier alpha value is -1.94. The number of carbonyl (C=O) groups is 4. The van der Waals surface area contributed by atoms with Gasteiger partial charge in [-0.1, -0.05) is 375 Å². The smallest absolute Gasteiger partial charge is 0.462 e. The van der Waals surface area contributed by atoms with Gasteiger partial charge in [0.2, 0.25) is 0 Å². The predicted octanol–water partition coefficient (Wildman–Crippen LogP) is 24.3. The third-order valence-corrected chi connectivity index (χ3v) is 20.9. The van der Waals surface area contributed by atoms with Crippen LogP contribution in [-0.4, -0.2) is 96.7 Å². The second-order valence-electron chi connectivity index (χ2n) is 30.1. The topological polar surface area (TPSA) is 237 Å². The third kappa shape index (κ3) is 74.3. The van der Waals surface area contributed by atoms with E-state index in [1.807, 2.05) is 0 Å². The number of rotatable bonds is 80. The fourth-order valence-electron chi connectivity index (χ4n) is 12.5. The summed E-state index contributed by atoms with van der Waals surface area (Å²) < 4.78 is 68.6. The van der Waals surface area contributed by atoms with Gasteiger partial charge in [0.25, 0.3) is 0 Å². The molecule has 3 N–H and O–H groups in total. The van der Waals surface area contributed by atoms with Gasteiger partial charge in [-0.2, -0.15) is 0 Å². The SMILES string of the molecule is CCCCCCCCCCCCCCCCCCCC(=O)O[C@H](COC(=O)CCCCCCCCC)COP(=O)(O)OC[C@H](O)COP(=O)(O)OC[C@@H](COC(=O)CCCCCCCCCCCCCCCCC(C)C)OC(=O)CCCCCCCCCCCCCCCCCCC(C)C. The number of aliphatic hydroxyl groups excluding tert-OH is 1. The standard InChI is InChI=1S/C81H158O17P2/c1-7-9-11-13-15-16-17-18-19-20-24-31-36-41-47-53-59-65-80(85)97-76(69-91-78(83)63-57-51-43-14-12-10-8-2)71-95-99(87,88)93-67-75(82)68-94-100(89,90)96-72-77(70-92-79(84)64-58-52-46-40-35-30-27-26-29-34-39-45-50-56-62-74(5)6)98-81(86)66-60-54-48-42-37-32-25-22-21-23-28-33-38-44-49-55-61-73(3)4/h73-77,82H,7-72H2,1-6H3,(H,87,88)(H,89,90)/t75-,76+,77+/m0/s1. The molecule has 5 atom stereocenters. The van der Waals surface area contributed by atoms with Gasteiger partial charge in [0.05, 0.1) is 26.4 Å². The fraction of sp³-hybridized carbons (Fsp3) is 0.951. The molecule has 0 aliphatic carbocycles. The van der Waals surface area contributed by atoms with E-state index in [2.05, 4.69) is 41.5 Å². The van der Waals surface area contributed by atoms with Gasteiger partial charge < -0.3 is 33.8 Å². The lowest BCUT2D eigenvalue weighted by molar-refractivity contribution is -0.161. The molecule has 0 heterocycles. The Morgan fingerprint density at radius 2 is 0.460 bits per heavy atom. The van der Waals surface area contributed by atoms with Gasteiger partial charge in [-0.05, 0) is 37.5 Å². The van der Waals surface area contributed by atoms with Crippen LogP contribution in [0.1, 0.15) is 427 Å². The maximum Gasteiger partial charge on any atom is 0.472 e. The van der Waals surface area contributed by atoms with Gasteiger partial charge in [0.15, 0.2) is 12.2 Å². The molecule has 17 nitrogen and oxygen atoms in total. The number of carbonyl (C=O) groups excluding carboxylic acids is 4. The lowest BCUT2D eigenvalue weighted by Crippen LogP contribution is -2.30. The molecule has 0 saturated carbocycles. The minimum absolute atomic E-state index is 0.108. The van der Waals surface area contributed by atoms with E-state index >= 15 is 0 Å². The highest BCUT2D eigenvalue weighted by Crippen LogP contribution is 2.45. The summed E-state index contributed by atoms with van der Waals surface area (Å²) in [6.07, 6.45) is 62.6. The Morgan fingerprint density at radius 3 is 0.680 bits per heavy atom. The molecule has 0 bridgehead atoms. The van der Waals surface area contributed by atoms with Crippen LogP contribution in [0.25, 0.3) is 0 Å². The first kappa shape index (κ1) is 98.1. The summed E-state index contributed by atoms with van der Waals surface area (Å²) in [5, 5.41) is 10.6. The quantitative estimate of drug-likeness (QED) is 0.0222. The number of hydrogen-bond acceptors (Lipinski definition) is 15. The highest BCUT2D eigenvalue weighted by atomic mass is 31.2. The lowest BCUT2D eigenvalue weighted by atomic mass is 10.0. The zero-order chi connectivity index (χ0) is 73.5. The first-order chi connectivity index (χ1) is 48.4. The Bertz CT molecular complexity index is 1920. The van der Waals surface area contributed by atoms with Crippen LogP contribution in [0.3, 0.4) is 0 Å². The number of phosphoric acid groups is 2. The minimum Gasteiger partial charge on any atom is -0.462 e. The van der Waals surface area contributed by atoms with Gasteiger partial charge in [-0.15, -0.1) is 0 Å². The van der Waals surface area contributed by atoms with Crippen molar-refractivity contribution in [3.05, 3.63) is 0 Å². The van der Waals surface area contributed by atoms with Crippen molar-refractivity contribution in [2.45, 2.75) is 445 Å². The number of esters is 4. The number of aliphatic hydroxyl groups is 1. The molecule has 594 valence electrons. The Kier molecular flexibility index (Phi) is 71.2. The molecular formula is C81H158O17P2. The van der Waals surface area contributed by atoms with Gasteiger partial charge in [0.1, 0.15) is 19.3 Å². The normalized spacial score (nSPS) is 13.9. The van der Waals surface area contributed by atoms with E-state index in [9.17, 15) is 43.2 Å². The highest BCUT2D eigenvalue weighted by molar-refractivity contribution is 7.47. The molecule has 0 aromatic heterocycles. The minimum atomic E-state index is -4.96. The number of unbranched alkanes of at least 4 members (excludes halogenated alkanes) is 50. The van der Waals surface area contributed by atoms with E-state index in [0.29, 0.717) is 25.7 Å². The summed E-state index contributed by atoms with van der Waals surface area (Å²) in [4.78, 5) is 72.9. The summed E-state index contributed by atoms with van der Waals surface area (Å²) in [5.74, 6) is -0.504. The van der Waals surface area contributed by atoms with Crippen LogP contribution in [0.2, 0.25) is 0 Å². The zero-order valence-corrected chi connectivity index (χ0v) is 67.3. The average molecular weight is 1470 g/mol. The maximum atomic E-state index is 13.1. The average Bonchev–Trinajstić information content (AvgIpc) is 1.01. The van der Waals surface area contributed by atoms with E-state index < -0.39 is 97.5 Å². The molecule has 0 aromatic carbocycles. The molecule has 2 unspecified atom stereocenters. The molecule has 0 aliphatic rings. The van der Waals surface area contributed by atoms with Crippen molar-refractivity contribution in [2.75, 3.05) is 39.6 Å². The zero-order valence-electron chi connectivity index (χ0n) is 65.5. The number of phosphoric ester groups is 2. The number of ether oxygens (including phenoxy) is 4. The molecule has 0 saturated heterocycles. The van der Waals surface area contributed by atoms with Crippen LogP contribution in [0, 0.1) is 11.8 Å². The molecule has 0 spiro atoms. The Balaban J connectivity index is 5.18. The largest absolute Gasteiger partial charge is 0.472 e. The van der Waals surface area contributed by atoms with Gasteiger partial charge in [0, 0.05) is 25.7 Å². The van der Waals surface area contributed by atoms with Crippen LogP contribution in [0.5, 0.6) is 0 Å². The molecule has 0 amide bonds. The van der Waals surface area contributed by atoms with Crippen LogP contribution in [-0.2, 0) is 65.4 Å². The van der Waals surface area contributed by atoms with Crippen LogP contribution < -0.4 is 0 Å². The van der Waals surface area contributed by atoms with E-state index in [1.165, 1.54) is 231 Å². The van der Waals surface area contributed by atoms with Crippen molar-refractivity contribution >= 4 is 39.5 Å². The van der Waals surface area contributed by atoms with Crippen molar-refractivity contribution in [2.24, 2.45) is 11.8 Å². The molecular weight excluding hydrogens is 1310 g/mol. The first-order valence-electron chi connectivity index (χ1n) is 42.0. The third-order valence-electron chi connectivity index (χ3n) is 19.0. The summed E-state index contributed by atoms with van der Waals surface area (Å²) in [7, 11) is -9.91. The molecule has 0 rings (SSSR count). The maximum absolute atomic E-state index is 13.1. The first-order valence-corrected chi connectivity index (χ1v) is 45.0. The van der Waals surface area contributed by atoms with Crippen molar-refractivity contribution in [3.8, 4) is 0 Å². The fourth-order valence-corrected chi connectivity index (χ4v) is 14.1. The van der Waals surface area contributed by atoms with Crippen molar-refractivity contribution in [1.29, 1.82) is 0 Å². The molecule has 0 aliphatic heterocycles. The van der Waals surface area contributed by atoms with Crippen molar-refractivity contribution in [3.63, 3.8) is 0 Å². The second-order valence-corrected chi connectivity index (χ2v) is 33.0. The van der Waals surface area contributed by atoms with E-state index in [1.54, 1.807) is 0 Å². The molecule has 19 heteroatoms. The number of hydrogen-bond donors (Lipinski definition) is 3. The lowest BCUT2D eigenvalue weighted by Gasteiger charge is -2.21. The van der Waals surface area contributed by atoms with Gasteiger partial charge >= 0.3 is 39.5 Å². The van der Waals surface area contributed by atoms with Crippen LogP contribution >= 0.6 is 15.6 Å². The Morgan fingerprint density at radius 1 is 0.270 bits per heavy atom. The van der Waals surface area contributed by atoms with Crippen molar-refractivity contribution in [1.82, 2.24) is 0 Å². The molecule has 0 aromatic rings. The van der Waals surface area contributed by atoms with Crippen molar-refractivity contribution < 1.29 is 80.2 Å². The van der Waals surface area contributed by atoms with Crippen LogP contribution in [0.15, 0.2) is 0 Å². The van der Waals surface area contributed by atoms with E-state index in [0.717, 1.165) is 115 Å². The predicted molar refractivity (Wildman–Crippen MR) is 409 cm³/mol. The van der Waals surface area contributed by atoms with Gasteiger partial charge in [-0.3, -0.25) is 37.3 Å². The highest BCUT2D eigenvalue weighted by Gasteiger charge is 2.30. The van der Waals surface area contributed by atoms with Gasteiger partial charge in [-0.25, -0.2) is 9.13 Å².